The van der Waals surface area contributed by atoms with Gasteiger partial charge in [0.2, 0.25) is 0 Å². The van der Waals surface area contributed by atoms with Crippen LogP contribution in [-0.4, -0.2) is 31.8 Å². The SMILES string of the molecule is CC(C)CC(=O)Cn1c(-c2cccc(Cl)c2)nn(-c2ccc(CCO)cc2)c1=O. The molecule has 152 valence electrons. The largest absolute Gasteiger partial charge is 0.396 e. The van der Waals surface area contributed by atoms with Gasteiger partial charge in [0.25, 0.3) is 0 Å². The topological polar surface area (TPSA) is 77.1 Å². The van der Waals surface area contributed by atoms with Gasteiger partial charge in [0.15, 0.2) is 11.6 Å². The van der Waals surface area contributed by atoms with Gasteiger partial charge < -0.3 is 5.11 Å². The van der Waals surface area contributed by atoms with Crippen molar-refractivity contribution in [1.82, 2.24) is 14.3 Å². The van der Waals surface area contributed by atoms with Gasteiger partial charge in [0, 0.05) is 23.6 Å². The van der Waals surface area contributed by atoms with Crippen molar-refractivity contribution >= 4 is 17.4 Å². The van der Waals surface area contributed by atoms with E-state index in [4.69, 9.17) is 16.7 Å². The van der Waals surface area contributed by atoms with Crippen LogP contribution in [0.25, 0.3) is 17.1 Å². The molecule has 7 heteroatoms. The Bertz CT molecular complexity index is 1050. The molecule has 0 saturated heterocycles. The van der Waals surface area contributed by atoms with E-state index >= 15 is 0 Å². The maximum absolute atomic E-state index is 13.1. The van der Waals surface area contributed by atoms with E-state index < -0.39 is 0 Å². The van der Waals surface area contributed by atoms with Crippen LogP contribution in [-0.2, 0) is 17.8 Å². The van der Waals surface area contributed by atoms with Gasteiger partial charge in [-0.25, -0.2) is 4.79 Å². The molecule has 0 atom stereocenters. The predicted molar refractivity (Wildman–Crippen MR) is 114 cm³/mol. The third-order valence-electron chi connectivity index (χ3n) is 4.50. The number of aromatic nitrogens is 3. The molecule has 1 heterocycles. The number of halogens is 1. The first-order valence-corrected chi connectivity index (χ1v) is 9.94. The third-order valence-corrected chi connectivity index (χ3v) is 4.73. The van der Waals surface area contributed by atoms with Gasteiger partial charge in [0.05, 0.1) is 12.2 Å². The molecule has 1 N–H and O–H groups in total. The highest BCUT2D eigenvalue weighted by atomic mass is 35.5. The summed E-state index contributed by atoms with van der Waals surface area (Å²) in [5, 5.41) is 14.1. The molecule has 0 aliphatic heterocycles. The Labute approximate surface area is 174 Å². The Kier molecular flexibility index (Phi) is 6.67. The summed E-state index contributed by atoms with van der Waals surface area (Å²) >= 11 is 6.12. The molecule has 0 unspecified atom stereocenters. The number of aliphatic hydroxyl groups excluding tert-OH is 1. The number of aliphatic hydroxyl groups is 1. The van der Waals surface area contributed by atoms with Crippen LogP contribution in [0.4, 0.5) is 0 Å². The fourth-order valence-corrected chi connectivity index (χ4v) is 3.37. The smallest absolute Gasteiger partial charge is 0.351 e. The number of Topliss-reactive ketones (excluding diaryl/α,β-unsaturated/α-hetero) is 1. The van der Waals surface area contributed by atoms with E-state index in [0.717, 1.165) is 5.56 Å². The van der Waals surface area contributed by atoms with Gasteiger partial charge in [-0.1, -0.05) is 49.7 Å². The summed E-state index contributed by atoms with van der Waals surface area (Å²) in [6.45, 7) is 3.96. The summed E-state index contributed by atoms with van der Waals surface area (Å²) in [6.07, 6.45) is 0.934. The van der Waals surface area contributed by atoms with E-state index in [9.17, 15) is 9.59 Å². The van der Waals surface area contributed by atoms with Crippen LogP contribution in [0.3, 0.4) is 0 Å². The van der Waals surface area contributed by atoms with Crippen molar-refractivity contribution in [2.75, 3.05) is 6.61 Å². The van der Waals surface area contributed by atoms with Crippen molar-refractivity contribution in [2.45, 2.75) is 33.2 Å². The Morgan fingerprint density at radius 3 is 2.52 bits per heavy atom. The standard InChI is InChI=1S/C22H24ClN3O3/c1-15(2)12-20(28)14-25-21(17-4-3-5-18(23)13-17)24-26(22(25)29)19-8-6-16(7-9-19)10-11-27/h3-9,13,15,27H,10-12,14H2,1-2H3. The number of carbonyl (C=O) groups excluding carboxylic acids is 1. The zero-order valence-electron chi connectivity index (χ0n) is 16.5. The number of ketones is 1. The maximum Gasteiger partial charge on any atom is 0.351 e. The quantitative estimate of drug-likeness (QED) is 0.613. The van der Waals surface area contributed by atoms with E-state index in [1.807, 2.05) is 32.0 Å². The molecule has 1 aromatic heterocycles. The number of hydrogen-bond acceptors (Lipinski definition) is 4. The van der Waals surface area contributed by atoms with E-state index in [2.05, 4.69) is 5.10 Å². The molecule has 29 heavy (non-hydrogen) atoms. The number of rotatable bonds is 8. The predicted octanol–water partition coefficient (Wildman–Crippen LogP) is 3.50. The highest BCUT2D eigenvalue weighted by Crippen LogP contribution is 2.21. The van der Waals surface area contributed by atoms with Crippen LogP contribution < -0.4 is 5.69 Å². The van der Waals surface area contributed by atoms with Crippen molar-refractivity contribution in [1.29, 1.82) is 0 Å². The monoisotopic (exact) mass is 413 g/mol. The summed E-state index contributed by atoms with van der Waals surface area (Å²) in [7, 11) is 0. The molecule has 0 saturated carbocycles. The zero-order valence-corrected chi connectivity index (χ0v) is 17.3. The maximum atomic E-state index is 13.1. The minimum absolute atomic E-state index is 0.0248. The second-order valence-corrected chi connectivity index (χ2v) is 7.83. The van der Waals surface area contributed by atoms with Crippen LogP contribution in [0.2, 0.25) is 5.02 Å². The Balaban J connectivity index is 2.07. The molecule has 3 rings (SSSR count). The molecular formula is C22H24ClN3O3. The van der Waals surface area contributed by atoms with Gasteiger partial charge in [-0.15, -0.1) is 5.10 Å². The number of hydrogen-bond donors (Lipinski definition) is 1. The molecule has 0 aliphatic rings. The van der Waals surface area contributed by atoms with Gasteiger partial charge in [-0.05, 0) is 42.2 Å². The molecule has 0 radical (unpaired) electrons. The zero-order chi connectivity index (χ0) is 21.0. The lowest BCUT2D eigenvalue weighted by atomic mass is 10.1. The van der Waals surface area contributed by atoms with Crippen molar-refractivity contribution in [3.05, 3.63) is 69.6 Å². The van der Waals surface area contributed by atoms with Crippen molar-refractivity contribution in [3.63, 3.8) is 0 Å². The second kappa shape index (κ2) is 9.20. The Morgan fingerprint density at radius 2 is 1.90 bits per heavy atom. The molecule has 0 aliphatic carbocycles. The average Bonchev–Trinajstić information content (AvgIpc) is 2.98. The van der Waals surface area contributed by atoms with Gasteiger partial charge in [-0.3, -0.25) is 9.36 Å². The number of nitrogens with zero attached hydrogens (tertiary/aromatic N) is 3. The Hall–Kier alpha value is -2.70. The van der Waals surface area contributed by atoms with Crippen LogP contribution in [0.15, 0.2) is 53.3 Å². The molecule has 0 bridgehead atoms. The Morgan fingerprint density at radius 1 is 1.17 bits per heavy atom. The van der Waals surface area contributed by atoms with Crippen molar-refractivity contribution in [2.24, 2.45) is 5.92 Å². The summed E-state index contributed by atoms with van der Waals surface area (Å²) < 4.78 is 2.69. The summed E-state index contributed by atoms with van der Waals surface area (Å²) in [5.41, 5.74) is 1.84. The molecule has 2 aromatic carbocycles. The highest BCUT2D eigenvalue weighted by Gasteiger charge is 2.19. The van der Waals surface area contributed by atoms with Crippen molar-refractivity contribution in [3.8, 4) is 17.1 Å². The molecule has 0 amide bonds. The molecule has 3 aromatic rings. The molecular weight excluding hydrogens is 390 g/mol. The first-order valence-electron chi connectivity index (χ1n) is 9.56. The van der Waals surface area contributed by atoms with Crippen molar-refractivity contribution < 1.29 is 9.90 Å². The van der Waals surface area contributed by atoms with Crippen LogP contribution in [0.5, 0.6) is 0 Å². The van der Waals surface area contributed by atoms with Crippen LogP contribution in [0, 0.1) is 5.92 Å². The third kappa shape index (κ3) is 5.02. The van der Waals surface area contributed by atoms with E-state index in [1.165, 1.54) is 9.25 Å². The van der Waals surface area contributed by atoms with Crippen LogP contribution in [0.1, 0.15) is 25.8 Å². The summed E-state index contributed by atoms with van der Waals surface area (Å²) in [6, 6.07) is 14.3. The number of carbonyl (C=O) groups is 1. The number of benzene rings is 2. The minimum atomic E-state index is -0.382. The average molecular weight is 414 g/mol. The molecule has 0 spiro atoms. The van der Waals surface area contributed by atoms with Crippen LogP contribution >= 0.6 is 11.6 Å². The second-order valence-electron chi connectivity index (χ2n) is 7.39. The van der Waals surface area contributed by atoms with E-state index in [0.29, 0.717) is 34.9 Å². The lowest BCUT2D eigenvalue weighted by molar-refractivity contribution is -0.120. The highest BCUT2D eigenvalue weighted by molar-refractivity contribution is 6.30. The van der Waals surface area contributed by atoms with E-state index in [1.54, 1.807) is 30.3 Å². The lowest BCUT2D eigenvalue weighted by Crippen LogP contribution is -2.27. The minimum Gasteiger partial charge on any atom is -0.396 e. The first kappa shape index (κ1) is 21.0. The fourth-order valence-electron chi connectivity index (χ4n) is 3.18. The first-order chi connectivity index (χ1) is 13.9. The van der Waals surface area contributed by atoms with E-state index in [-0.39, 0.29) is 30.5 Å². The van der Waals surface area contributed by atoms with Gasteiger partial charge in [-0.2, -0.15) is 4.68 Å². The summed E-state index contributed by atoms with van der Waals surface area (Å²) in [5.74, 6) is 0.583. The fraction of sp³-hybridized carbons (Fsp3) is 0.318. The molecule has 6 nitrogen and oxygen atoms in total. The van der Waals surface area contributed by atoms with Gasteiger partial charge in [0.1, 0.15) is 0 Å². The molecule has 0 fully saturated rings. The lowest BCUT2D eigenvalue weighted by Gasteiger charge is -2.07. The normalized spacial score (nSPS) is 11.2. The van der Waals surface area contributed by atoms with Gasteiger partial charge >= 0.3 is 5.69 Å². The summed E-state index contributed by atoms with van der Waals surface area (Å²) in [4.78, 5) is 25.6.